The molecule has 1 aromatic rings. The second kappa shape index (κ2) is 6.56. The third-order valence-corrected chi connectivity index (χ3v) is 4.76. The number of rotatable bonds is 7. The van der Waals surface area contributed by atoms with E-state index in [1.54, 1.807) is 38.3 Å². The van der Waals surface area contributed by atoms with Gasteiger partial charge in [-0.1, -0.05) is 6.92 Å². The Balaban J connectivity index is 2.32. The van der Waals surface area contributed by atoms with Crippen LogP contribution in [0.15, 0.2) is 24.3 Å². The Kier molecular flexibility index (Phi) is 4.95. The van der Waals surface area contributed by atoms with Gasteiger partial charge in [0.15, 0.2) is 0 Å². The second-order valence-corrected chi connectivity index (χ2v) is 7.32. The summed E-state index contributed by atoms with van der Waals surface area (Å²) in [6.45, 7) is 1.80. The molecule has 0 aromatic heterocycles. The number of carbonyl (C=O) groups excluding carboxylic acids is 1. The number of hydrogen-bond acceptors (Lipinski definition) is 4. The van der Waals surface area contributed by atoms with Crippen LogP contribution in [0.4, 0.5) is 5.69 Å². The highest BCUT2D eigenvalue weighted by Gasteiger charge is 2.34. The molecule has 1 aliphatic rings. The molecule has 0 heterocycles. The van der Waals surface area contributed by atoms with Crippen molar-refractivity contribution in [2.24, 2.45) is 0 Å². The van der Waals surface area contributed by atoms with Crippen LogP contribution in [-0.2, 0) is 14.8 Å². The van der Waals surface area contributed by atoms with Crippen molar-refractivity contribution in [1.82, 2.24) is 5.32 Å². The number of sulfonamides is 1. The maximum absolute atomic E-state index is 12.4. The topological polar surface area (TPSA) is 75.7 Å². The van der Waals surface area contributed by atoms with Crippen molar-refractivity contribution < 1.29 is 17.9 Å². The van der Waals surface area contributed by atoms with Crippen LogP contribution >= 0.6 is 0 Å². The Morgan fingerprint density at radius 3 is 2.36 bits per heavy atom. The van der Waals surface area contributed by atoms with E-state index in [0.717, 1.165) is 19.1 Å². The fraction of sp³-hybridized carbons (Fsp3) is 0.533. The van der Waals surface area contributed by atoms with Crippen LogP contribution in [0.3, 0.4) is 0 Å². The van der Waals surface area contributed by atoms with Crippen LogP contribution in [0.1, 0.15) is 26.2 Å². The van der Waals surface area contributed by atoms with Gasteiger partial charge in [-0.25, -0.2) is 8.42 Å². The average molecular weight is 326 g/mol. The lowest BCUT2D eigenvalue weighted by atomic mass is 10.2. The summed E-state index contributed by atoms with van der Waals surface area (Å²) in [7, 11) is -2.03. The summed E-state index contributed by atoms with van der Waals surface area (Å²) in [5.41, 5.74) is 0.459. The molecule has 1 fully saturated rings. The van der Waals surface area contributed by atoms with Gasteiger partial charge in [0.1, 0.15) is 11.8 Å². The monoisotopic (exact) mass is 326 g/mol. The summed E-state index contributed by atoms with van der Waals surface area (Å²) in [4.78, 5) is 12.4. The third kappa shape index (κ3) is 3.91. The Morgan fingerprint density at radius 1 is 1.36 bits per heavy atom. The zero-order valence-corrected chi connectivity index (χ0v) is 13.9. The third-order valence-electron chi connectivity index (χ3n) is 3.58. The van der Waals surface area contributed by atoms with Crippen LogP contribution in [-0.4, -0.2) is 39.8 Å². The van der Waals surface area contributed by atoms with Gasteiger partial charge >= 0.3 is 0 Å². The molecule has 6 nitrogen and oxygen atoms in total. The molecule has 1 aromatic carbocycles. The molecule has 0 spiro atoms. The fourth-order valence-electron chi connectivity index (χ4n) is 2.31. The molecule has 1 amide bonds. The lowest BCUT2D eigenvalue weighted by Gasteiger charge is -2.30. The van der Waals surface area contributed by atoms with Crippen molar-refractivity contribution in [3.8, 4) is 5.75 Å². The largest absolute Gasteiger partial charge is 0.497 e. The summed E-state index contributed by atoms with van der Waals surface area (Å²) in [6.07, 6.45) is 3.44. The second-order valence-electron chi connectivity index (χ2n) is 5.46. The number of nitrogens with zero attached hydrogens (tertiary/aromatic N) is 1. The minimum Gasteiger partial charge on any atom is -0.497 e. The minimum atomic E-state index is -3.58. The highest BCUT2D eigenvalue weighted by atomic mass is 32.2. The van der Waals surface area contributed by atoms with E-state index in [9.17, 15) is 13.2 Å². The Bertz CT molecular complexity index is 623. The van der Waals surface area contributed by atoms with Gasteiger partial charge < -0.3 is 10.1 Å². The van der Waals surface area contributed by atoms with E-state index in [0.29, 0.717) is 17.9 Å². The van der Waals surface area contributed by atoms with Crippen molar-refractivity contribution in [2.45, 2.75) is 38.3 Å². The number of anilines is 1. The zero-order chi connectivity index (χ0) is 16.3. The maximum Gasteiger partial charge on any atom is 0.244 e. The standard InChI is InChI=1S/C15H22N2O4S/c1-4-14(15(18)16-11-5-6-11)17(22(3,19)20)12-7-9-13(21-2)10-8-12/h7-11,14H,4-6H2,1-3H3,(H,16,18). The van der Waals surface area contributed by atoms with Crippen molar-refractivity contribution >= 4 is 21.6 Å². The van der Waals surface area contributed by atoms with Crippen LogP contribution in [0, 0.1) is 0 Å². The molecular weight excluding hydrogens is 304 g/mol. The van der Waals surface area contributed by atoms with Gasteiger partial charge in [-0.05, 0) is 43.5 Å². The molecule has 22 heavy (non-hydrogen) atoms. The Hall–Kier alpha value is -1.76. The molecule has 1 saturated carbocycles. The van der Waals surface area contributed by atoms with E-state index in [2.05, 4.69) is 5.32 Å². The number of methoxy groups -OCH3 is 1. The molecular formula is C15H22N2O4S. The SMILES string of the molecule is CCC(C(=O)NC1CC1)N(c1ccc(OC)cc1)S(C)(=O)=O. The van der Waals surface area contributed by atoms with Crippen LogP contribution in [0.5, 0.6) is 5.75 Å². The normalized spacial score (nSPS) is 16.0. The number of nitrogens with one attached hydrogen (secondary N) is 1. The molecule has 0 radical (unpaired) electrons. The molecule has 0 saturated heterocycles. The summed E-state index contributed by atoms with van der Waals surface area (Å²) in [5, 5.41) is 2.88. The summed E-state index contributed by atoms with van der Waals surface area (Å²) >= 11 is 0. The Morgan fingerprint density at radius 2 is 1.95 bits per heavy atom. The first kappa shape index (κ1) is 16.6. The lowest BCUT2D eigenvalue weighted by Crippen LogP contribution is -2.49. The quantitative estimate of drug-likeness (QED) is 0.824. The molecule has 0 bridgehead atoms. The van der Waals surface area contributed by atoms with Gasteiger partial charge in [0.05, 0.1) is 19.1 Å². The van der Waals surface area contributed by atoms with E-state index >= 15 is 0 Å². The van der Waals surface area contributed by atoms with Crippen LogP contribution < -0.4 is 14.4 Å². The summed E-state index contributed by atoms with van der Waals surface area (Å²) < 4.78 is 30.7. The summed E-state index contributed by atoms with van der Waals surface area (Å²) in [6, 6.07) is 6.10. The maximum atomic E-state index is 12.4. The van der Waals surface area contributed by atoms with E-state index in [-0.39, 0.29) is 11.9 Å². The van der Waals surface area contributed by atoms with Gasteiger partial charge in [0, 0.05) is 6.04 Å². The van der Waals surface area contributed by atoms with Crippen LogP contribution in [0.2, 0.25) is 0 Å². The Labute approximate surface area is 131 Å². The molecule has 1 aliphatic carbocycles. The first-order chi connectivity index (χ1) is 10.4. The first-order valence-electron chi connectivity index (χ1n) is 7.30. The van der Waals surface area contributed by atoms with Gasteiger partial charge in [-0.15, -0.1) is 0 Å². The van der Waals surface area contributed by atoms with Gasteiger partial charge in [0.25, 0.3) is 0 Å². The average Bonchev–Trinajstić information content (AvgIpc) is 3.27. The van der Waals surface area contributed by atoms with Crippen molar-refractivity contribution in [3.05, 3.63) is 24.3 Å². The number of benzene rings is 1. The van der Waals surface area contributed by atoms with Crippen molar-refractivity contribution in [3.63, 3.8) is 0 Å². The van der Waals surface area contributed by atoms with Crippen molar-refractivity contribution in [2.75, 3.05) is 17.7 Å². The molecule has 1 atom stereocenters. The molecule has 1 N–H and O–H groups in total. The van der Waals surface area contributed by atoms with Crippen LogP contribution in [0.25, 0.3) is 0 Å². The predicted octanol–water partition coefficient (Wildman–Crippen LogP) is 1.52. The number of amides is 1. The molecule has 122 valence electrons. The molecule has 2 rings (SSSR count). The van der Waals surface area contributed by atoms with Gasteiger partial charge in [-0.2, -0.15) is 0 Å². The molecule has 1 unspecified atom stereocenters. The highest BCUT2D eigenvalue weighted by molar-refractivity contribution is 7.92. The van der Waals surface area contributed by atoms with Gasteiger partial charge in [-0.3, -0.25) is 9.10 Å². The highest BCUT2D eigenvalue weighted by Crippen LogP contribution is 2.26. The van der Waals surface area contributed by atoms with Crippen molar-refractivity contribution in [1.29, 1.82) is 0 Å². The zero-order valence-electron chi connectivity index (χ0n) is 13.1. The van der Waals surface area contributed by atoms with E-state index in [1.165, 1.54) is 4.31 Å². The van der Waals surface area contributed by atoms with E-state index in [1.807, 2.05) is 0 Å². The number of ether oxygens (including phenoxy) is 1. The van der Waals surface area contributed by atoms with E-state index < -0.39 is 16.1 Å². The predicted molar refractivity (Wildman–Crippen MR) is 85.6 cm³/mol. The first-order valence-corrected chi connectivity index (χ1v) is 9.15. The minimum absolute atomic E-state index is 0.193. The summed E-state index contributed by atoms with van der Waals surface area (Å²) in [5.74, 6) is 0.388. The molecule has 0 aliphatic heterocycles. The number of carbonyl (C=O) groups is 1. The number of hydrogen-bond donors (Lipinski definition) is 1. The lowest BCUT2D eigenvalue weighted by molar-refractivity contribution is -0.122. The van der Waals surface area contributed by atoms with Gasteiger partial charge in [0.2, 0.25) is 15.9 Å². The van der Waals surface area contributed by atoms with E-state index in [4.69, 9.17) is 4.74 Å². The smallest absolute Gasteiger partial charge is 0.244 e. The molecule has 7 heteroatoms. The fourth-order valence-corrected chi connectivity index (χ4v) is 3.53.